The monoisotopic (exact) mass is 422 g/mol. The molecular weight excluding hydrogens is 410 g/mol. The van der Waals surface area contributed by atoms with Gasteiger partial charge in [0.05, 0.1) is 17.0 Å². The number of aryl methyl sites for hydroxylation is 1. The van der Waals surface area contributed by atoms with Crippen LogP contribution in [-0.4, -0.2) is 17.3 Å². The molecule has 2 aromatic carbocycles. The highest BCUT2D eigenvalue weighted by Crippen LogP contribution is 2.38. The van der Waals surface area contributed by atoms with Crippen LogP contribution < -0.4 is 0 Å². The number of carbonyl (C=O) groups is 1. The predicted octanol–water partition coefficient (Wildman–Crippen LogP) is 6.72. The van der Waals surface area contributed by atoms with Crippen LogP contribution in [0.25, 0.3) is 6.08 Å². The van der Waals surface area contributed by atoms with Crippen molar-refractivity contribution in [2.75, 3.05) is 0 Å². The smallest absolute Gasteiger partial charge is 0.417 e. The Hall–Kier alpha value is -2.48. The van der Waals surface area contributed by atoms with Crippen molar-refractivity contribution in [1.29, 1.82) is 0 Å². The van der Waals surface area contributed by atoms with Gasteiger partial charge >= 0.3 is 18.3 Å². The average Bonchev–Trinajstić information content (AvgIpc) is 2.56. The maximum Gasteiger partial charge on any atom is 0.417 e. The summed E-state index contributed by atoms with van der Waals surface area (Å²) in [6, 6.07) is 5.96. The van der Waals surface area contributed by atoms with Crippen LogP contribution in [0.5, 0.6) is 0 Å². The first-order valence-corrected chi connectivity index (χ1v) is 8.14. The third kappa shape index (κ3) is 5.07. The van der Waals surface area contributed by atoms with Gasteiger partial charge in [-0.15, -0.1) is 0 Å². The standard InChI is InChI=1S/C19H13ClF6O2/c1-10-8-12(4-7-16(10)20)14(18(21,22)23)6-3-11-2-5-13(17(27)28)15(9-11)19(24,25)26/h2-9,14H,1H3,(H,27,28)/b6-3+. The van der Waals surface area contributed by atoms with Gasteiger partial charge in [-0.1, -0.05) is 42.0 Å². The van der Waals surface area contributed by atoms with Crippen LogP contribution in [0.2, 0.25) is 5.02 Å². The number of benzene rings is 2. The highest BCUT2D eigenvalue weighted by atomic mass is 35.5. The minimum Gasteiger partial charge on any atom is -0.478 e. The molecule has 9 heteroatoms. The van der Waals surface area contributed by atoms with Crippen LogP contribution in [0.1, 0.15) is 38.5 Å². The highest BCUT2D eigenvalue weighted by Gasteiger charge is 2.39. The summed E-state index contributed by atoms with van der Waals surface area (Å²) >= 11 is 5.82. The van der Waals surface area contributed by atoms with Crippen molar-refractivity contribution < 1.29 is 36.2 Å². The Morgan fingerprint density at radius 3 is 2.21 bits per heavy atom. The second-order valence-corrected chi connectivity index (χ2v) is 6.40. The van der Waals surface area contributed by atoms with Gasteiger partial charge in [0, 0.05) is 5.02 Å². The van der Waals surface area contributed by atoms with Crippen LogP contribution in [0.4, 0.5) is 26.3 Å². The van der Waals surface area contributed by atoms with Gasteiger partial charge in [0.1, 0.15) is 0 Å². The zero-order chi connectivity index (χ0) is 21.3. The van der Waals surface area contributed by atoms with Crippen LogP contribution >= 0.6 is 11.6 Å². The van der Waals surface area contributed by atoms with E-state index in [1.165, 1.54) is 25.1 Å². The lowest BCUT2D eigenvalue weighted by Crippen LogP contribution is -2.19. The number of hydrogen-bond acceptors (Lipinski definition) is 1. The molecule has 0 saturated carbocycles. The molecule has 0 amide bonds. The fraction of sp³-hybridized carbons (Fsp3) is 0.211. The molecule has 1 unspecified atom stereocenters. The lowest BCUT2D eigenvalue weighted by Gasteiger charge is -2.18. The minimum atomic E-state index is -4.96. The highest BCUT2D eigenvalue weighted by molar-refractivity contribution is 6.31. The first-order chi connectivity index (χ1) is 12.8. The topological polar surface area (TPSA) is 37.3 Å². The lowest BCUT2D eigenvalue weighted by atomic mass is 9.95. The molecule has 0 saturated heterocycles. The molecule has 0 aliphatic carbocycles. The molecule has 2 rings (SSSR count). The maximum absolute atomic E-state index is 13.4. The van der Waals surface area contributed by atoms with E-state index < -0.39 is 35.4 Å². The van der Waals surface area contributed by atoms with Crippen molar-refractivity contribution in [2.45, 2.75) is 25.2 Å². The molecule has 2 aromatic rings. The van der Waals surface area contributed by atoms with Crippen LogP contribution in [0.15, 0.2) is 42.5 Å². The van der Waals surface area contributed by atoms with E-state index in [1.54, 1.807) is 0 Å². The van der Waals surface area contributed by atoms with E-state index in [1.807, 2.05) is 0 Å². The van der Waals surface area contributed by atoms with E-state index in [2.05, 4.69) is 0 Å². The van der Waals surface area contributed by atoms with Crippen molar-refractivity contribution in [2.24, 2.45) is 0 Å². The molecule has 2 nitrogen and oxygen atoms in total. The molecule has 0 aliphatic rings. The molecule has 1 atom stereocenters. The number of carboxylic acid groups (broad SMARTS) is 1. The molecule has 0 aliphatic heterocycles. The van der Waals surface area contributed by atoms with Crippen molar-refractivity contribution in [3.63, 3.8) is 0 Å². The average molecular weight is 423 g/mol. The van der Waals surface area contributed by atoms with Crippen LogP contribution in [0, 0.1) is 6.92 Å². The van der Waals surface area contributed by atoms with Gasteiger partial charge in [-0.2, -0.15) is 26.3 Å². The summed E-state index contributed by atoms with van der Waals surface area (Å²) in [6.45, 7) is 1.53. The zero-order valence-electron chi connectivity index (χ0n) is 14.2. The van der Waals surface area contributed by atoms with Crippen molar-refractivity contribution in [3.8, 4) is 0 Å². The van der Waals surface area contributed by atoms with Gasteiger partial charge in [0.25, 0.3) is 0 Å². The summed E-state index contributed by atoms with van der Waals surface area (Å²) < 4.78 is 79.4. The summed E-state index contributed by atoms with van der Waals surface area (Å²) in [4.78, 5) is 10.9. The Morgan fingerprint density at radius 1 is 1.07 bits per heavy atom. The summed E-state index contributed by atoms with van der Waals surface area (Å²) in [5.41, 5.74) is -2.33. The van der Waals surface area contributed by atoms with Gasteiger partial charge in [0.15, 0.2) is 0 Å². The molecular formula is C19H13ClF6O2. The van der Waals surface area contributed by atoms with Gasteiger partial charge in [-0.25, -0.2) is 4.79 Å². The number of aromatic carboxylic acids is 1. The Balaban J connectivity index is 2.48. The second kappa shape index (κ2) is 7.87. The maximum atomic E-state index is 13.4. The number of alkyl halides is 6. The largest absolute Gasteiger partial charge is 0.478 e. The summed E-state index contributed by atoms with van der Waals surface area (Å²) in [7, 11) is 0. The Kier molecular flexibility index (Phi) is 6.13. The van der Waals surface area contributed by atoms with Crippen LogP contribution in [0.3, 0.4) is 0 Å². The van der Waals surface area contributed by atoms with E-state index in [-0.39, 0.29) is 16.1 Å². The molecule has 0 bridgehead atoms. The molecule has 1 N–H and O–H groups in total. The van der Waals surface area contributed by atoms with E-state index in [9.17, 15) is 31.1 Å². The fourth-order valence-corrected chi connectivity index (χ4v) is 2.68. The van der Waals surface area contributed by atoms with Crippen molar-refractivity contribution in [3.05, 3.63) is 75.3 Å². The van der Waals surface area contributed by atoms with Gasteiger partial charge < -0.3 is 5.11 Å². The van der Waals surface area contributed by atoms with E-state index >= 15 is 0 Å². The van der Waals surface area contributed by atoms with Gasteiger partial charge in [-0.05, 0) is 41.8 Å². The molecule has 0 aromatic heterocycles. The number of halogens is 7. The van der Waals surface area contributed by atoms with Crippen molar-refractivity contribution >= 4 is 23.6 Å². The fourth-order valence-electron chi connectivity index (χ4n) is 2.56. The number of carboxylic acids is 1. The quantitative estimate of drug-likeness (QED) is 0.555. The van der Waals surface area contributed by atoms with E-state index in [0.29, 0.717) is 17.7 Å². The Labute approximate surface area is 161 Å². The van der Waals surface area contributed by atoms with E-state index in [0.717, 1.165) is 18.2 Å². The number of allylic oxidation sites excluding steroid dienone is 1. The molecule has 28 heavy (non-hydrogen) atoms. The third-order valence-corrected chi connectivity index (χ3v) is 4.38. The summed E-state index contributed by atoms with van der Waals surface area (Å²) in [5, 5.41) is 9.15. The molecule has 0 fully saturated rings. The lowest BCUT2D eigenvalue weighted by molar-refractivity contribution is -0.139. The first kappa shape index (κ1) is 21.8. The van der Waals surface area contributed by atoms with Crippen LogP contribution in [-0.2, 0) is 6.18 Å². The first-order valence-electron chi connectivity index (χ1n) is 7.76. The molecule has 150 valence electrons. The molecule has 0 radical (unpaired) electrons. The number of rotatable bonds is 4. The second-order valence-electron chi connectivity index (χ2n) is 5.99. The predicted molar refractivity (Wildman–Crippen MR) is 92.4 cm³/mol. The third-order valence-electron chi connectivity index (χ3n) is 3.95. The van der Waals surface area contributed by atoms with Crippen molar-refractivity contribution in [1.82, 2.24) is 0 Å². The van der Waals surface area contributed by atoms with E-state index in [4.69, 9.17) is 16.7 Å². The number of hydrogen-bond donors (Lipinski definition) is 1. The van der Waals surface area contributed by atoms with Gasteiger partial charge in [0.2, 0.25) is 0 Å². The Bertz CT molecular complexity index is 916. The summed E-state index contributed by atoms with van der Waals surface area (Å²) in [6.07, 6.45) is -8.06. The zero-order valence-corrected chi connectivity index (χ0v) is 15.0. The SMILES string of the molecule is Cc1cc(C(/C=C/c2ccc(C(=O)O)c(C(F)(F)F)c2)C(F)(F)F)ccc1Cl. The molecule has 0 spiro atoms. The minimum absolute atomic E-state index is 0.121. The molecule has 0 heterocycles. The normalized spacial score (nSPS) is 13.7. The summed E-state index contributed by atoms with van der Waals surface area (Å²) in [5.74, 6) is -3.86. The Morgan fingerprint density at radius 2 is 1.71 bits per heavy atom. The van der Waals surface area contributed by atoms with Gasteiger partial charge in [-0.3, -0.25) is 0 Å².